The van der Waals surface area contributed by atoms with Crippen molar-refractivity contribution in [2.24, 2.45) is 0 Å². The molecule has 1 amide bonds. The lowest BCUT2D eigenvalue weighted by Gasteiger charge is -2.06. The third-order valence-corrected chi connectivity index (χ3v) is 3.51. The normalized spacial score (nSPS) is 10.8. The maximum Gasteiger partial charge on any atom is 0.274 e. The van der Waals surface area contributed by atoms with Gasteiger partial charge in [-0.1, -0.05) is 24.6 Å². The number of hydrogen-bond donors (Lipinski definition) is 1. The average Bonchev–Trinajstić information content (AvgIpc) is 2.88. The van der Waals surface area contributed by atoms with Crippen molar-refractivity contribution in [3.63, 3.8) is 0 Å². The Kier molecular flexibility index (Phi) is 3.62. The number of carbonyl (C=O) groups excluding carboxylic acids is 1. The number of nitrogens with zero attached hydrogens (tertiary/aromatic N) is 2. The van der Waals surface area contributed by atoms with Gasteiger partial charge in [-0.2, -0.15) is 0 Å². The van der Waals surface area contributed by atoms with Gasteiger partial charge in [-0.05, 0) is 42.8 Å². The van der Waals surface area contributed by atoms with Crippen LogP contribution in [0.2, 0.25) is 5.02 Å². The summed E-state index contributed by atoms with van der Waals surface area (Å²) in [5.74, 6) is -0.173. The number of aryl methyl sites for hydroxylation is 1. The molecule has 3 aromatic rings. The predicted octanol–water partition coefficient (Wildman–Crippen LogP) is 3.80. The second-order valence-electron chi connectivity index (χ2n) is 4.65. The number of rotatable bonds is 3. The van der Waals surface area contributed by atoms with Gasteiger partial charge in [-0.25, -0.2) is 4.98 Å². The topological polar surface area (TPSA) is 46.4 Å². The van der Waals surface area contributed by atoms with Gasteiger partial charge in [-0.15, -0.1) is 0 Å². The number of benzene rings is 1. The lowest BCUT2D eigenvalue weighted by molar-refractivity contribution is 0.102. The Balaban J connectivity index is 1.99. The quantitative estimate of drug-likeness (QED) is 0.799. The van der Waals surface area contributed by atoms with Crippen molar-refractivity contribution in [3.8, 4) is 0 Å². The molecule has 0 fully saturated rings. The van der Waals surface area contributed by atoms with E-state index in [9.17, 15) is 4.79 Å². The summed E-state index contributed by atoms with van der Waals surface area (Å²) in [5, 5.41) is 3.52. The Morgan fingerprint density at radius 1 is 1.24 bits per heavy atom. The predicted molar refractivity (Wildman–Crippen MR) is 84.0 cm³/mol. The highest BCUT2D eigenvalue weighted by atomic mass is 35.5. The summed E-state index contributed by atoms with van der Waals surface area (Å²) in [6.07, 6.45) is 2.54. The highest BCUT2D eigenvalue weighted by Gasteiger charge is 2.17. The summed E-state index contributed by atoms with van der Waals surface area (Å²) in [6, 6.07) is 12.7. The molecule has 0 aliphatic rings. The average molecular weight is 300 g/mol. The number of fused-ring (bicyclic) bond motifs is 1. The molecule has 0 saturated heterocycles. The summed E-state index contributed by atoms with van der Waals surface area (Å²) in [4.78, 5) is 17.0. The smallest absolute Gasteiger partial charge is 0.274 e. The molecule has 106 valence electrons. The maximum absolute atomic E-state index is 12.5. The Labute approximate surface area is 127 Å². The van der Waals surface area contributed by atoms with E-state index in [-0.39, 0.29) is 5.91 Å². The number of halogens is 1. The van der Waals surface area contributed by atoms with Gasteiger partial charge in [-0.3, -0.25) is 9.20 Å². The number of amides is 1. The molecule has 3 rings (SSSR count). The second-order valence-corrected chi connectivity index (χ2v) is 5.09. The van der Waals surface area contributed by atoms with Gasteiger partial charge < -0.3 is 5.32 Å². The third kappa shape index (κ3) is 2.62. The number of imidazole rings is 1. The van der Waals surface area contributed by atoms with Crippen LogP contribution in [0.5, 0.6) is 0 Å². The molecule has 1 N–H and O–H groups in total. The Morgan fingerprint density at radius 2 is 2.00 bits per heavy atom. The summed E-state index contributed by atoms with van der Waals surface area (Å²) >= 11 is 5.85. The number of anilines is 1. The highest BCUT2D eigenvalue weighted by Crippen LogP contribution is 2.17. The molecular formula is C16H14ClN3O. The maximum atomic E-state index is 12.5. The number of carbonyl (C=O) groups is 1. The van der Waals surface area contributed by atoms with Crippen LogP contribution in [0.4, 0.5) is 5.69 Å². The fourth-order valence-electron chi connectivity index (χ4n) is 2.26. The minimum Gasteiger partial charge on any atom is -0.321 e. The molecule has 0 bridgehead atoms. The first-order valence-electron chi connectivity index (χ1n) is 6.72. The zero-order valence-electron chi connectivity index (χ0n) is 11.5. The first-order valence-corrected chi connectivity index (χ1v) is 7.09. The van der Waals surface area contributed by atoms with E-state index < -0.39 is 0 Å². The van der Waals surface area contributed by atoms with E-state index in [0.717, 1.165) is 11.3 Å². The van der Waals surface area contributed by atoms with Gasteiger partial charge >= 0.3 is 0 Å². The van der Waals surface area contributed by atoms with E-state index >= 15 is 0 Å². The first-order chi connectivity index (χ1) is 10.2. The Hall–Kier alpha value is -2.33. The third-order valence-electron chi connectivity index (χ3n) is 3.25. The number of nitrogens with one attached hydrogen (secondary N) is 1. The zero-order valence-corrected chi connectivity index (χ0v) is 12.3. The molecule has 0 spiro atoms. The standard InChI is InChI=1S/C16H14ClN3O/c1-2-13-15(20-10-4-3-5-14(20)19-13)16(21)18-12-8-6-11(17)7-9-12/h3-10H,2H2,1H3,(H,18,21). The highest BCUT2D eigenvalue weighted by molar-refractivity contribution is 6.30. The molecule has 2 heterocycles. The lowest BCUT2D eigenvalue weighted by Crippen LogP contribution is -2.16. The molecule has 0 saturated carbocycles. The largest absolute Gasteiger partial charge is 0.321 e. The molecule has 1 aromatic carbocycles. The van der Waals surface area contributed by atoms with E-state index in [1.807, 2.05) is 35.7 Å². The van der Waals surface area contributed by atoms with Crippen molar-refractivity contribution in [2.45, 2.75) is 13.3 Å². The first kappa shape index (κ1) is 13.6. The van der Waals surface area contributed by atoms with Crippen LogP contribution in [-0.2, 0) is 6.42 Å². The number of pyridine rings is 1. The number of hydrogen-bond acceptors (Lipinski definition) is 2. The summed E-state index contributed by atoms with van der Waals surface area (Å²) in [5.41, 5.74) is 2.84. The van der Waals surface area contributed by atoms with Crippen LogP contribution in [0.1, 0.15) is 23.1 Å². The minimum atomic E-state index is -0.173. The second kappa shape index (κ2) is 5.58. The van der Waals surface area contributed by atoms with Crippen LogP contribution in [0.3, 0.4) is 0 Å². The summed E-state index contributed by atoms with van der Waals surface area (Å²) in [7, 11) is 0. The molecular weight excluding hydrogens is 286 g/mol. The van der Waals surface area contributed by atoms with Crippen molar-refractivity contribution >= 4 is 28.8 Å². The lowest BCUT2D eigenvalue weighted by atomic mass is 10.2. The molecule has 21 heavy (non-hydrogen) atoms. The van der Waals surface area contributed by atoms with Gasteiger partial charge in [0.25, 0.3) is 5.91 Å². The zero-order chi connectivity index (χ0) is 14.8. The van der Waals surface area contributed by atoms with E-state index in [1.165, 1.54) is 0 Å². The fourth-order valence-corrected chi connectivity index (χ4v) is 2.38. The molecule has 0 atom stereocenters. The molecule has 0 unspecified atom stereocenters. The van der Waals surface area contributed by atoms with Crippen molar-refractivity contribution in [2.75, 3.05) is 5.32 Å². The Morgan fingerprint density at radius 3 is 2.71 bits per heavy atom. The van der Waals surface area contributed by atoms with Gasteiger partial charge in [0.1, 0.15) is 11.3 Å². The van der Waals surface area contributed by atoms with Gasteiger partial charge in [0, 0.05) is 16.9 Å². The van der Waals surface area contributed by atoms with Crippen molar-refractivity contribution in [1.29, 1.82) is 0 Å². The molecule has 0 radical (unpaired) electrons. The Bertz CT molecular complexity index is 793. The van der Waals surface area contributed by atoms with E-state index in [1.54, 1.807) is 24.3 Å². The van der Waals surface area contributed by atoms with E-state index in [4.69, 9.17) is 11.6 Å². The number of aromatic nitrogens is 2. The fraction of sp³-hybridized carbons (Fsp3) is 0.125. The molecule has 0 aliphatic carbocycles. The van der Waals surface area contributed by atoms with Gasteiger partial charge in [0.05, 0.1) is 5.69 Å². The SMILES string of the molecule is CCc1nc2ccccn2c1C(=O)Nc1ccc(Cl)cc1. The van der Waals surface area contributed by atoms with Gasteiger partial charge in [0.2, 0.25) is 0 Å². The van der Waals surface area contributed by atoms with Crippen LogP contribution >= 0.6 is 11.6 Å². The molecule has 4 nitrogen and oxygen atoms in total. The monoisotopic (exact) mass is 299 g/mol. The van der Waals surface area contributed by atoms with E-state index in [2.05, 4.69) is 10.3 Å². The van der Waals surface area contributed by atoms with Crippen LogP contribution in [0, 0.1) is 0 Å². The van der Waals surface area contributed by atoms with Crippen molar-refractivity contribution in [1.82, 2.24) is 9.38 Å². The molecule has 5 heteroatoms. The summed E-state index contributed by atoms with van der Waals surface area (Å²) < 4.78 is 1.81. The van der Waals surface area contributed by atoms with E-state index in [0.29, 0.717) is 22.8 Å². The van der Waals surface area contributed by atoms with Crippen LogP contribution in [0.25, 0.3) is 5.65 Å². The van der Waals surface area contributed by atoms with Crippen LogP contribution < -0.4 is 5.32 Å². The van der Waals surface area contributed by atoms with Crippen LogP contribution in [0.15, 0.2) is 48.7 Å². The molecule has 0 aliphatic heterocycles. The van der Waals surface area contributed by atoms with Crippen molar-refractivity contribution < 1.29 is 4.79 Å². The van der Waals surface area contributed by atoms with Gasteiger partial charge in [0.15, 0.2) is 0 Å². The molecule has 2 aromatic heterocycles. The van der Waals surface area contributed by atoms with Crippen LogP contribution in [-0.4, -0.2) is 15.3 Å². The van der Waals surface area contributed by atoms with Crippen molar-refractivity contribution in [3.05, 3.63) is 65.1 Å². The minimum absolute atomic E-state index is 0.173. The summed E-state index contributed by atoms with van der Waals surface area (Å²) in [6.45, 7) is 1.99.